The maximum Gasteiger partial charge on any atom is 0.285 e. The molecule has 1 N–H and O–H groups in total. The van der Waals surface area contributed by atoms with Crippen molar-refractivity contribution in [1.82, 2.24) is 5.32 Å². The number of nitrogens with one attached hydrogen (secondary N) is 1. The van der Waals surface area contributed by atoms with Gasteiger partial charge in [0.1, 0.15) is 0 Å². The second-order valence-electron chi connectivity index (χ2n) is 3.29. The van der Waals surface area contributed by atoms with Crippen molar-refractivity contribution in [1.29, 1.82) is 0 Å². The van der Waals surface area contributed by atoms with E-state index in [1.807, 2.05) is 0 Å². The van der Waals surface area contributed by atoms with Gasteiger partial charge in [0, 0.05) is 6.54 Å². The molecule has 0 aromatic rings. The Hall–Kier alpha value is -1.03. The summed E-state index contributed by atoms with van der Waals surface area (Å²) >= 11 is 0. The van der Waals surface area contributed by atoms with Crippen LogP contribution in [0.4, 0.5) is 0 Å². The second kappa shape index (κ2) is 5.65. The predicted octanol–water partition coefficient (Wildman–Crippen LogP) is 0.832. The number of carbonyl (C=O) groups is 1. The van der Waals surface area contributed by atoms with Crippen molar-refractivity contribution in [3.63, 3.8) is 0 Å². The van der Waals surface area contributed by atoms with Gasteiger partial charge < -0.3 is 14.8 Å². The summed E-state index contributed by atoms with van der Waals surface area (Å²) in [6.45, 7) is 7.46. The van der Waals surface area contributed by atoms with Gasteiger partial charge in [-0.15, -0.1) is 0 Å². The van der Waals surface area contributed by atoms with Crippen LogP contribution in [0.2, 0.25) is 0 Å². The number of ether oxygens (including phenoxy) is 2. The highest BCUT2D eigenvalue weighted by atomic mass is 16.6. The minimum Gasteiger partial charge on any atom is -0.488 e. The molecule has 1 aliphatic rings. The number of epoxide rings is 1. The van der Waals surface area contributed by atoms with E-state index in [0.717, 1.165) is 19.4 Å². The largest absolute Gasteiger partial charge is 0.488 e. The molecule has 0 aromatic carbocycles. The molecule has 1 heterocycles. The molecule has 14 heavy (non-hydrogen) atoms. The van der Waals surface area contributed by atoms with Gasteiger partial charge in [-0.1, -0.05) is 19.9 Å². The van der Waals surface area contributed by atoms with Crippen LogP contribution >= 0.6 is 0 Å². The zero-order chi connectivity index (χ0) is 10.4. The molecule has 0 spiro atoms. The molecule has 1 saturated heterocycles. The van der Waals surface area contributed by atoms with E-state index in [2.05, 4.69) is 18.8 Å². The molecule has 4 heteroatoms. The van der Waals surface area contributed by atoms with E-state index in [1.165, 1.54) is 0 Å². The summed E-state index contributed by atoms with van der Waals surface area (Å²) in [4.78, 5) is 11.3. The zero-order valence-electron chi connectivity index (χ0n) is 8.54. The van der Waals surface area contributed by atoms with Gasteiger partial charge in [-0.05, 0) is 6.42 Å². The van der Waals surface area contributed by atoms with E-state index in [4.69, 9.17) is 9.47 Å². The van der Waals surface area contributed by atoms with Gasteiger partial charge in [0.05, 0.1) is 19.3 Å². The van der Waals surface area contributed by atoms with Crippen LogP contribution in [0.15, 0.2) is 12.3 Å². The Morgan fingerprint density at radius 2 is 2.43 bits per heavy atom. The van der Waals surface area contributed by atoms with Crippen LogP contribution in [0.1, 0.15) is 19.8 Å². The Balaban J connectivity index is 2.05. The predicted molar refractivity (Wildman–Crippen MR) is 52.7 cm³/mol. The number of carbonyl (C=O) groups excluding carboxylic acids is 1. The average molecular weight is 199 g/mol. The van der Waals surface area contributed by atoms with Crippen molar-refractivity contribution >= 4 is 5.91 Å². The molecule has 1 amide bonds. The number of hydrogen-bond acceptors (Lipinski definition) is 3. The summed E-state index contributed by atoms with van der Waals surface area (Å²) < 4.78 is 10.1. The lowest BCUT2D eigenvalue weighted by Crippen LogP contribution is -2.29. The number of unbranched alkanes of at least 4 members (excludes halogenated alkanes) is 1. The summed E-state index contributed by atoms with van der Waals surface area (Å²) in [6.07, 6.45) is 2.19. The molecule has 0 aromatic heterocycles. The minimum absolute atomic E-state index is 0.194. The fourth-order valence-corrected chi connectivity index (χ4v) is 0.896. The molecule has 1 rings (SSSR count). The highest BCUT2D eigenvalue weighted by Crippen LogP contribution is 2.06. The highest BCUT2D eigenvalue weighted by Gasteiger charge is 2.23. The van der Waals surface area contributed by atoms with Crippen molar-refractivity contribution in [2.45, 2.75) is 25.9 Å². The monoisotopic (exact) mass is 199 g/mol. The number of amides is 1. The summed E-state index contributed by atoms with van der Waals surface area (Å²) in [7, 11) is 0. The first-order valence-electron chi connectivity index (χ1n) is 4.95. The van der Waals surface area contributed by atoms with E-state index in [9.17, 15) is 4.79 Å². The van der Waals surface area contributed by atoms with Crippen molar-refractivity contribution in [2.24, 2.45) is 0 Å². The third kappa shape index (κ3) is 4.28. The fourth-order valence-electron chi connectivity index (χ4n) is 0.896. The van der Waals surface area contributed by atoms with Crippen LogP contribution in [-0.2, 0) is 14.3 Å². The Labute approximate surface area is 84.3 Å². The lowest BCUT2D eigenvalue weighted by atomic mass is 10.3. The van der Waals surface area contributed by atoms with E-state index in [1.54, 1.807) is 0 Å². The fraction of sp³-hybridized carbons (Fsp3) is 0.700. The molecule has 4 nitrogen and oxygen atoms in total. The molecular weight excluding hydrogens is 182 g/mol. The van der Waals surface area contributed by atoms with Crippen molar-refractivity contribution in [2.75, 3.05) is 19.8 Å². The lowest BCUT2D eigenvalue weighted by Gasteiger charge is -2.07. The second-order valence-corrected chi connectivity index (χ2v) is 3.29. The quantitative estimate of drug-likeness (QED) is 0.286. The Kier molecular flexibility index (Phi) is 4.46. The first kappa shape index (κ1) is 11.0. The molecule has 1 aliphatic heterocycles. The molecule has 0 bridgehead atoms. The maximum absolute atomic E-state index is 11.3. The van der Waals surface area contributed by atoms with Crippen LogP contribution in [0.5, 0.6) is 0 Å². The molecular formula is C10H17NO3. The molecule has 1 atom stereocenters. The number of rotatable bonds is 7. The SMILES string of the molecule is C=C(OCCCC)C(=O)NCC1CO1. The summed E-state index contributed by atoms with van der Waals surface area (Å²) in [5, 5.41) is 2.68. The topological polar surface area (TPSA) is 50.9 Å². The average Bonchev–Trinajstić information content (AvgIpc) is 2.98. The van der Waals surface area contributed by atoms with Crippen LogP contribution in [0, 0.1) is 0 Å². The smallest absolute Gasteiger partial charge is 0.285 e. The van der Waals surface area contributed by atoms with E-state index < -0.39 is 0 Å². The van der Waals surface area contributed by atoms with Crippen molar-refractivity contribution in [3.8, 4) is 0 Å². The van der Waals surface area contributed by atoms with Crippen LogP contribution in [-0.4, -0.2) is 31.8 Å². The Morgan fingerprint density at radius 1 is 1.71 bits per heavy atom. The third-order valence-electron chi connectivity index (χ3n) is 1.92. The zero-order valence-corrected chi connectivity index (χ0v) is 8.54. The Bertz CT molecular complexity index is 211. The molecule has 0 aliphatic carbocycles. The third-order valence-corrected chi connectivity index (χ3v) is 1.92. The van der Waals surface area contributed by atoms with Crippen molar-refractivity contribution in [3.05, 3.63) is 12.3 Å². The minimum atomic E-state index is -0.239. The first-order valence-corrected chi connectivity index (χ1v) is 4.95. The van der Waals surface area contributed by atoms with Gasteiger partial charge in [0.25, 0.3) is 5.91 Å². The standard InChI is InChI=1S/C10H17NO3/c1-3-4-5-13-8(2)10(12)11-6-9-7-14-9/h9H,2-7H2,1H3,(H,11,12). The lowest BCUT2D eigenvalue weighted by molar-refractivity contribution is -0.120. The van der Waals surface area contributed by atoms with Gasteiger partial charge in [-0.3, -0.25) is 4.79 Å². The van der Waals surface area contributed by atoms with Crippen molar-refractivity contribution < 1.29 is 14.3 Å². The van der Waals surface area contributed by atoms with E-state index in [-0.39, 0.29) is 17.8 Å². The summed E-state index contributed by atoms with van der Waals surface area (Å²) in [5.41, 5.74) is 0. The number of hydrogen-bond donors (Lipinski definition) is 1. The first-order chi connectivity index (χ1) is 6.74. The van der Waals surface area contributed by atoms with Crippen LogP contribution in [0.25, 0.3) is 0 Å². The van der Waals surface area contributed by atoms with Crippen LogP contribution in [0.3, 0.4) is 0 Å². The molecule has 0 saturated carbocycles. The molecule has 0 radical (unpaired) electrons. The van der Waals surface area contributed by atoms with Gasteiger partial charge in [-0.2, -0.15) is 0 Å². The van der Waals surface area contributed by atoms with Gasteiger partial charge in [0.2, 0.25) is 0 Å². The molecule has 1 fully saturated rings. The Morgan fingerprint density at radius 3 is 3.00 bits per heavy atom. The van der Waals surface area contributed by atoms with Gasteiger partial charge >= 0.3 is 0 Å². The normalized spacial score (nSPS) is 18.8. The highest BCUT2D eigenvalue weighted by molar-refractivity contribution is 5.90. The van der Waals surface area contributed by atoms with Gasteiger partial charge in [0.15, 0.2) is 5.76 Å². The van der Waals surface area contributed by atoms with Gasteiger partial charge in [-0.25, -0.2) is 0 Å². The molecule has 80 valence electrons. The van der Waals surface area contributed by atoms with E-state index in [0.29, 0.717) is 13.2 Å². The van der Waals surface area contributed by atoms with Crippen LogP contribution < -0.4 is 5.32 Å². The molecule has 1 unspecified atom stereocenters. The summed E-state index contributed by atoms with van der Waals surface area (Å²) in [5.74, 6) is -0.0456. The maximum atomic E-state index is 11.3. The van der Waals surface area contributed by atoms with E-state index >= 15 is 0 Å². The summed E-state index contributed by atoms with van der Waals surface area (Å²) in [6, 6.07) is 0.